The van der Waals surface area contributed by atoms with Crippen LogP contribution in [0.5, 0.6) is 0 Å². The van der Waals surface area contributed by atoms with Crippen molar-refractivity contribution in [1.82, 2.24) is 5.32 Å². The van der Waals surface area contributed by atoms with Gasteiger partial charge in [0.25, 0.3) is 0 Å². The van der Waals surface area contributed by atoms with Gasteiger partial charge in [0, 0.05) is 6.08 Å². The number of aliphatic carboxylic acids is 1. The van der Waals surface area contributed by atoms with Gasteiger partial charge in [0.1, 0.15) is 6.04 Å². The van der Waals surface area contributed by atoms with E-state index in [1.807, 2.05) is 13.0 Å². The molecule has 0 bridgehead atoms. The predicted molar refractivity (Wildman–Crippen MR) is 74.7 cm³/mol. The Morgan fingerprint density at radius 1 is 1.40 bits per heavy atom. The van der Waals surface area contributed by atoms with Crippen molar-refractivity contribution in [3.8, 4) is 6.07 Å². The molecule has 1 rings (SSSR count). The first kappa shape index (κ1) is 15.4. The molecule has 1 aromatic carbocycles. The molecule has 0 aromatic heterocycles. The van der Waals surface area contributed by atoms with E-state index in [0.29, 0.717) is 18.4 Å². The number of nitrogens with one attached hydrogen (secondary N) is 1. The molecule has 1 amide bonds. The topological polar surface area (TPSA) is 90.2 Å². The van der Waals surface area contributed by atoms with Crippen LogP contribution in [-0.4, -0.2) is 23.0 Å². The first-order valence-corrected chi connectivity index (χ1v) is 6.28. The van der Waals surface area contributed by atoms with Gasteiger partial charge in [-0.15, -0.1) is 0 Å². The number of hydrogen-bond acceptors (Lipinski definition) is 3. The van der Waals surface area contributed by atoms with Gasteiger partial charge >= 0.3 is 5.97 Å². The number of rotatable bonds is 6. The van der Waals surface area contributed by atoms with E-state index in [4.69, 9.17) is 10.4 Å². The van der Waals surface area contributed by atoms with Crippen LogP contribution in [-0.2, 0) is 9.59 Å². The summed E-state index contributed by atoms with van der Waals surface area (Å²) in [7, 11) is 0. The maximum Gasteiger partial charge on any atom is 0.326 e. The van der Waals surface area contributed by atoms with E-state index >= 15 is 0 Å². The summed E-state index contributed by atoms with van der Waals surface area (Å²) in [6.07, 6.45) is 3.93. The Balaban J connectivity index is 2.62. The van der Waals surface area contributed by atoms with Crippen LogP contribution >= 0.6 is 0 Å². The van der Waals surface area contributed by atoms with Crippen LogP contribution in [0.2, 0.25) is 0 Å². The average molecular weight is 272 g/mol. The molecule has 0 spiro atoms. The number of carbonyl (C=O) groups is 2. The summed E-state index contributed by atoms with van der Waals surface area (Å²) in [5.41, 5.74) is 1.31. The maximum atomic E-state index is 11.6. The monoisotopic (exact) mass is 272 g/mol. The van der Waals surface area contributed by atoms with Crippen LogP contribution in [0.25, 0.3) is 6.08 Å². The number of carboxylic acids is 1. The molecular formula is C15H16N2O3. The Morgan fingerprint density at radius 3 is 2.55 bits per heavy atom. The molecule has 0 radical (unpaired) electrons. The SMILES string of the molecule is CCCC(NC(=O)/C=C/c1ccc(C#N)cc1)C(=O)O. The van der Waals surface area contributed by atoms with E-state index in [0.717, 1.165) is 5.56 Å². The Morgan fingerprint density at radius 2 is 2.05 bits per heavy atom. The number of carbonyl (C=O) groups excluding carboxylic acids is 1. The van der Waals surface area contributed by atoms with Gasteiger partial charge < -0.3 is 10.4 Å². The number of benzene rings is 1. The molecule has 0 aliphatic carbocycles. The molecule has 1 aromatic rings. The number of nitrogens with zero attached hydrogens (tertiary/aromatic N) is 1. The zero-order chi connectivity index (χ0) is 15.0. The van der Waals surface area contributed by atoms with Gasteiger partial charge in [-0.1, -0.05) is 25.5 Å². The van der Waals surface area contributed by atoms with Crippen molar-refractivity contribution in [2.45, 2.75) is 25.8 Å². The summed E-state index contributed by atoms with van der Waals surface area (Å²) < 4.78 is 0. The molecule has 20 heavy (non-hydrogen) atoms. The summed E-state index contributed by atoms with van der Waals surface area (Å²) in [6.45, 7) is 1.86. The van der Waals surface area contributed by atoms with Crippen LogP contribution < -0.4 is 5.32 Å². The van der Waals surface area contributed by atoms with E-state index in [1.54, 1.807) is 30.3 Å². The molecule has 1 unspecified atom stereocenters. The summed E-state index contributed by atoms with van der Waals surface area (Å²) in [4.78, 5) is 22.5. The smallest absolute Gasteiger partial charge is 0.326 e. The second-order valence-electron chi connectivity index (χ2n) is 4.26. The molecule has 2 N–H and O–H groups in total. The highest BCUT2D eigenvalue weighted by Gasteiger charge is 2.17. The van der Waals surface area contributed by atoms with E-state index in [2.05, 4.69) is 5.32 Å². The number of hydrogen-bond donors (Lipinski definition) is 2. The van der Waals surface area contributed by atoms with Crippen molar-refractivity contribution in [3.05, 3.63) is 41.5 Å². The first-order chi connectivity index (χ1) is 9.56. The van der Waals surface area contributed by atoms with Crippen LogP contribution in [0.3, 0.4) is 0 Å². The number of carboxylic acid groups (broad SMARTS) is 1. The van der Waals surface area contributed by atoms with Crippen molar-refractivity contribution in [3.63, 3.8) is 0 Å². The van der Waals surface area contributed by atoms with Crippen LogP contribution in [0.15, 0.2) is 30.3 Å². The molecule has 0 saturated carbocycles. The Bertz CT molecular complexity index is 541. The fourth-order valence-electron chi connectivity index (χ4n) is 1.61. The van der Waals surface area contributed by atoms with Crippen molar-refractivity contribution >= 4 is 18.0 Å². The zero-order valence-corrected chi connectivity index (χ0v) is 11.2. The van der Waals surface area contributed by atoms with Crippen LogP contribution in [0.4, 0.5) is 0 Å². The largest absolute Gasteiger partial charge is 0.480 e. The lowest BCUT2D eigenvalue weighted by Crippen LogP contribution is -2.39. The highest BCUT2D eigenvalue weighted by Crippen LogP contribution is 2.05. The molecular weight excluding hydrogens is 256 g/mol. The second-order valence-corrected chi connectivity index (χ2v) is 4.26. The van der Waals surface area contributed by atoms with E-state index < -0.39 is 17.9 Å². The van der Waals surface area contributed by atoms with Gasteiger partial charge in [-0.05, 0) is 30.2 Å². The minimum atomic E-state index is -1.04. The van der Waals surface area contributed by atoms with E-state index in [1.165, 1.54) is 6.08 Å². The number of nitriles is 1. The van der Waals surface area contributed by atoms with Gasteiger partial charge in [0.2, 0.25) is 5.91 Å². The fraction of sp³-hybridized carbons (Fsp3) is 0.267. The Hall–Kier alpha value is -2.61. The minimum absolute atomic E-state index is 0.395. The van der Waals surface area contributed by atoms with Crippen molar-refractivity contribution in [2.24, 2.45) is 0 Å². The number of amides is 1. The molecule has 0 heterocycles. The average Bonchev–Trinajstić information content (AvgIpc) is 2.45. The summed E-state index contributed by atoms with van der Waals surface area (Å²) in [6, 6.07) is 7.86. The standard InChI is InChI=1S/C15H16N2O3/c1-2-3-13(15(19)20)17-14(18)9-8-11-4-6-12(10-16)7-5-11/h4-9,13H,2-3H2,1H3,(H,17,18)(H,19,20)/b9-8+. The summed E-state index contributed by atoms with van der Waals surface area (Å²) >= 11 is 0. The molecule has 5 nitrogen and oxygen atoms in total. The van der Waals surface area contributed by atoms with Gasteiger partial charge in [0.05, 0.1) is 11.6 Å². The fourth-order valence-corrected chi connectivity index (χ4v) is 1.61. The van der Waals surface area contributed by atoms with E-state index in [9.17, 15) is 9.59 Å². The first-order valence-electron chi connectivity index (χ1n) is 6.28. The molecule has 0 aliphatic rings. The lowest BCUT2D eigenvalue weighted by Gasteiger charge is -2.11. The van der Waals surface area contributed by atoms with Gasteiger partial charge in [0.15, 0.2) is 0 Å². The molecule has 1 atom stereocenters. The zero-order valence-electron chi connectivity index (χ0n) is 11.2. The lowest BCUT2D eigenvalue weighted by molar-refractivity contribution is -0.141. The predicted octanol–water partition coefficient (Wildman–Crippen LogP) is 1.94. The van der Waals surface area contributed by atoms with E-state index in [-0.39, 0.29) is 0 Å². The van der Waals surface area contributed by atoms with Crippen molar-refractivity contribution in [1.29, 1.82) is 5.26 Å². The van der Waals surface area contributed by atoms with Gasteiger partial charge in [-0.25, -0.2) is 4.79 Å². The normalized spacial score (nSPS) is 11.8. The molecule has 5 heteroatoms. The molecule has 104 valence electrons. The molecule has 0 fully saturated rings. The van der Waals surface area contributed by atoms with Crippen LogP contribution in [0, 0.1) is 11.3 Å². The highest BCUT2D eigenvalue weighted by molar-refractivity contribution is 5.94. The summed E-state index contributed by atoms with van der Waals surface area (Å²) in [5.74, 6) is -1.48. The third kappa shape index (κ3) is 4.94. The highest BCUT2D eigenvalue weighted by atomic mass is 16.4. The lowest BCUT2D eigenvalue weighted by atomic mass is 10.1. The summed E-state index contributed by atoms with van der Waals surface area (Å²) in [5, 5.41) is 20.0. The Labute approximate surface area is 117 Å². The quantitative estimate of drug-likeness (QED) is 0.774. The van der Waals surface area contributed by atoms with Crippen LogP contribution in [0.1, 0.15) is 30.9 Å². The third-order valence-electron chi connectivity index (χ3n) is 2.66. The molecule has 0 aliphatic heterocycles. The van der Waals surface area contributed by atoms with Crippen molar-refractivity contribution in [2.75, 3.05) is 0 Å². The second kappa shape index (κ2) is 7.74. The van der Waals surface area contributed by atoms with Gasteiger partial charge in [-0.3, -0.25) is 4.79 Å². The van der Waals surface area contributed by atoms with Crippen molar-refractivity contribution < 1.29 is 14.7 Å². The minimum Gasteiger partial charge on any atom is -0.480 e. The third-order valence-corrected chi connectivity index (χ3v) is 2.66. The molecule has 0 saturated heterocycles. The maximum absolute atomic E-state index is 11.6. The Kier molecular flexibility index (Phi) is 5.98. The van der Waals surface area contributed by atoms with Gasteiger partial charge in [-0.2, -0.15) is 5.26 Å².